The Kier molecular flexibility index (Phi) is 4.84. The van der Waals surface area contributed by atoms with Crippen LogP contribution < -0.4 is 11.1 Å². The number of benzene rings is 3. The van der Waals surface area contributed by atoms with Crippen LogP contribution in [0.4, 0.5) is 5.82 Å². The molecule has 0 aliphatic rings. The molecule has 0 aliphatic heterocycles. The van der Waals surface area contributed by atoms with Crippen LogP contribution >= 0.6 is 11.6 Å². The van der Waals surface area contributed by atoms with Gasteiger partial charge in [-0.2, -0.15) is 5.10 Å². The van der Waals surface area contributed by atoms with Crippen LogP contribution in [-0.2, 0) is 7.05 Å². The second kappa shape index (κ2) is 7.43. The Balaban J connectivity index is 1.77. The molecule has 4 nitrogen and oxygen atoms in total. The summed E-state index contributed by atoms with van der Waals surface area (Å²) in [5, 5.41) is 9.97. The second-order valence-electron chi connectivity index (χ2n) is 6.53. The lowest BCUT2D eigenvalue weighted by molar-refractivity contribution is 0.757. The molecule has 1 aromatic heterocycles. The molecule has 27 heavy (non-hydrogen) atoms. The minimum absolute atomic E-state index is 0.00623. The fourth-order valence-corrected chi connectivity index (χ4v) is 3.61. The molecule has 4 rings (SSSR count). The molecular weight excluding hydrogens is 356 g/mol. The number of nitrogens with zero attached hydrogens (tertiary/aromatic N) is 2. The molecule has 136 valence electrons. The zero-order valence-electron chi connectivity index (χ0n) is 15.1. The first-order valence-corrected chi connectivity index (χ1v) is 9.28. The molecular formula is C22H21ClN4. The molecule has 0 radical (unpaired) electrons. The molecule has 0 saturated carbocycles. The normalized spacial score (nSPS) is 12.3. The van der Waals surface area contributed by atoms with E-state index in [1.165, 1.54) is 0 Å². The summed E-state index contributed by atoms with van der Waals surface area (Å²) in [7, 11) is 1.95. The van der Waals surface area contributed by atoms with Crippen molar-refractivity contribution in [2.75, 3.05) is 11.9 Å². The smallest absolute Gasteiger partial charge is 0.156 e. The molecule has 5 heteroatoms. The molecule has 0 bridgehead atoms. The van der Waals surface area contributed by atoms with E-state index >= 15 is 0 Å². The SMILES string of the molecule is Cn1nc(NC(CN)c2ccccc2)c2cc(-c3ccccc3Cl)ccc21. The summed E-state index contributed by atoms with van der Waals surface area (Å²) in [6.45, 7) is 0.478. The zero-order chi connectivity index (χ0) is 18.8. The van der Waals surface area contributed by atoms with Crippen LogP contribution in [0.5, 0.6) is 0 Å². The first-order valence-electron chi connectivity index (χ1n) is 8.90. The first-order chi connectivity index (χ1) is 13.2. The van der Waals surface area contributed by atoms with Gasteiger partial charge >= 0.3 is 0 Å². The number of aromatic nitrogens is 2. The van der Waals surface area contributed by atoms with Gasteiger partial charge < -0.3 is 11.1 Å². The van der Waals surface area contributed by atoms with Gasteiger partial charge in [-0.3, -0.25) is 4.68 Å². The summed E-state index contributed by atoms with van der Waals surface area (Å²) >= 11 is 6.39. The Hall–Kier alpha value is -2.82. The maximum Gasteiger partial charge on any atom is 0.156 e. The number of nitrogens with two attached hydrogens (primary N) is 1. The van der Waals surface area contributed by atoms with Crippen molar-refractivity contribution < 1.29 is 0 Å². The van der Waals surface area contributed by atoms with E-state index in [9.17, 15) is 0 Å². The highest BCUT2D eigenvalue weighted by molar-refractivity contribution is 6.33. The zero-order valence-corrected chi connectivity index (χ0v) is 15.8. The third kappa shape index (κ3) is 3.42. The first kappa shape index (κ1) is 17.6. The fraction of sp³-hybridized carbons (Fsp3) is 0.136. The van der Waals surface area contributed by atoms with Gasteiger partial charge in [0.25, 0.3) is 0 Å². The van der Waals surface area contributed by atoms with E-state index in [2.05, 4.69) is 40.7 Å². The summed E-state index contributed by atoms with van der Waals surface area (Å²) in [6, 6.07) is 24.3. The molecule has 3 aromatic carbocycles. The van der Waals surface area contributed by atoms with Crippen molar-refractivity contribution in [2.24, 2.45) is 12.8 Å². The molecule has 0 fully saturated rings. The highest BCUT2D eigenvalue weighted by Gasteiger charge is 2.15. The molecule has 0 spiro atoms. The summed E-state index contributed by atoms with van der Waals surface area (Å²) in [5.41, 5.74) is 10.3. The molecule has 3 N–H and O–H groups in total. The van der Waals surface area contributed by atoms with Crippen molar-refractivity contribution in [1.82, 2.24) is 9.78 Å². The average Bonchev–Trinajstić information content (AvgIpc) is 3.02. The Labute approximate surface area is 163 Å². The second-order valence-corrected chi connectivity index (χ2v) is 6.93. The monoisotopic (exact) mass is 376 g/mol. The number of anilines is 1. The summed E-state index contributed by atoms with van der Waals surface area (Å²) < 4.78 is 1.88. The minimum atomic E-state index is -0.00623. The van der Waals surface area contributed by atoms with E-state index in [1.54, 1.807) is 0 Å². The van der Waals surface area contributed by atoms with E-state index in [1.807, 2.05) is 54.2 Å². The Bertz CT molecular complexity index is 1070. The van der Waals surface area contributed by atoms with Crippen molar-refractivity contribution >= 4 is 28.3 Å². The minimum Gasteiger partial charge on any atom is -0.360 e. The van der Waals surface area contributed by atoms with Crippen LogP contribution in [0.15, 0.2) is 72.8 Å². The van der Waals surface area contributed by atoms with Crippen LogP contribution in [0.3, 0.4) is 0 Å². The van der Waals surface area contributed by atoms with E-state index in [-0.39, 0.29) is 6.04 Å². The van der Waals surface area contributed by atoms with Crippen LogP contribution in [-0.4, -0.2) is 16.3 Å². The number of aryl methyl sites for hydroxylation is 1. The van der Waals surface area contributed by atoms with Gasteiger partial charge in [-0.05, 0) is 29.3 Å². The van der Waals surface area contributed by atoms with E-state index in [0.717, 1.165) is 38.4 Å². The number of rotatable bonds is 5. The van der Waals surface area contributed by atoms with Crippen molar-refractivity contribution in [2.45, 2.75) is 6.04 Å². The van der Waals surface area contributed by atoms with Crippen molar-refractivity contribution in [3.63, 3.8) is 0 Å². The topological polar surface area (TPSA) is 55.9 Å². The quantitative estimate of drug-likeness (QED) is 0.515. The predicted octanol–water partition coefficient (Wildman–Crippen LogP) is 5.01. The molecule has 0 aliphatic carbocycles. The summed E-state index contributed by atoms with van der Waals surface area (Å²) in [4.78, 5) is 0. The van der Waals surface area contributed by atoms with Gasteiger partial charge in [0.2, 0.25) is 0 Å². The standard InChI is InChI=1S/C22H21ClN4/c1-27-21-12-11-16(17-9-5-6-10-19(17)23)13-18(21)22(26-27)25-20(14-24)15-7-3-2-4-8-15/h2-13,20H,14,24H2,1H3,(H,25,26). The fourth-order valence-electron chi connectivity index (χ4n) is 3.36. The van der Waals surface area contributed by atoms with Crippen LogP contribution in [0.25, 0.3) is 22.0 Å². The van der Waals surface area contributed by atoms with Gasteiger partial charge in [0, 0.05) is 29.6 Å². The summed E-state index contributed by atoms with van der Waals surface area (Å²) in [5.74, 6) is 0.820. The van der Waals surface area contributed by atoms with Crippen molar-refractivity contribution in [3.8, 4) is 11.1 Å². The lowest BCUT2D eigenvalue weighted by atomic mass is 10.0. The third-order valence-electron chi connectivity index (χ3n) is 4.78. The number of nitrogens with one attached hydrogen (secondary N) is 1. The lowest BCUT2D eigenvalue weighted by Gasteiger charge is -2.17. The molecule has 1 atom stereocenters. The molecule has 1 heterocycles. The van der Waals surface area contributed by atoms with Crippen LogP contribution in [0.2, 0.25) is 5.02 Å². The molecule has 1 unspecified atom stereocenters. The van der Waals surface area contributed by atoms with E-state index in [0.29, 0.717) is 6.54 Å². The van der Waals surface area contributed by atoms with Gasteiger partial charge in [-0.1, -0.05) is 66.2 Å². The number of hydrogen-bond donors (Lipinski definition) is 2. The van der Waals surface area contributed by atoms with Crippen molar-refractivity contribution in [1.29, 1.82) is 0 Å². The average molecular weight is 377 g/mol. The summed E-state index contributed by atoms with van der Waals surface area (Å²) in [6.07, 6.45) is 0. The number of halogens is 1. The number of hydrogen-bond acceptors (Lipinski definition) is 3. The van der Waals surface area contributed by atoms with Crippen LogP contribution in [0, 0.1) is 0 Å². The van der Waals surface area contributed by atoms with E-state index < -0.39 is 0 Å². The lowest BCUT2D eigenvalue weighted by Crippen LogP contribution is -2.20. The third-order valence-corrected chi connectivity index (χ3v) is 5.11. The highest BCUT2D eigenvalue weighted by atomic mass is 35.5. The van der Waals surface area contributed by atoms with Gasteiger partial charge in [-0.15, -0.1) is 0 Å². The highest BCUT2D eigenvalue weighted by Crippen LogP contribution is 2.33. The maximum atomic E-state index is 6.39. The predicted molar refractivity (Wildman–Crippen MR) is 113 cm³/mol. The Morgan fingerprint density at radius 1 is 1.04 bits per heavy atom. The van der Waals surface area contributed by atoms with E-state index in [4.69, 9.17) is 17.3 Å². The van der Waals surface area contributed by atoms with Gasteiger partial charge in [0.1, 0.15) is 0 Å². The maximum absolute atomic E-state index is 6.39. The van der Waals surface area contributed by atoms with Gasteiger partial charge in [0.15, 0.2) is 5.82 Å². The largest absolute Gasteiger partial charge is 0.360 e. The number of fused-ring (bicyclic) bond motifs is 1. The van der Waals surface area contributed by atoms with Gasteiger partial charge in [-0.25, -0.2) is 0 Å². The van der Waals surface area contributed by atoms with Crippen molar-refractivity contribution in [3.05, 3.63) is 83.4 Å². The molecule has 4 aromatic rings. The van der Waals surface area contributed by atoms with Gasteiger partial charge in [0.05, 0.1) is 11.6 Å². The molecule has 0 amide bonds. The Morgan fingerprint density at radius 2 is 1.78 bits per heavy atom. The Morgan fingerprint density at radius 3 is 2.52 bits per heavy atom. The molecule has 0 saturated heterocycles. The van der Waals surface area contributed by atoms with Crippen LogP contribution in [0.1, 0.15) is 11.6 Å².